The summed E-state index contributed by atoms with van der Waals surface area (Å²) in [6.07, 6.45) is -5.46. The van der Waals surface area contributed by atoms with Crippen molar-refractivity contribution in [3.8, 4) is 0 Å². The van der Waals surface area contributed by atoms with Crippen molar-refractivity contribution >= 4 is 27.3 Å². The van der Waals surface area contributed by atoms with E-state index in [9.17, 15) is 31.7 Å². The predicted octanol–water partition coefficient (Wildman–Crippen LogP) is 2.62. The molecule has 0 aliphatic heterocycles. The molecule has 1 aliphatic carbocycles. The fourth-order valence-corrected chi connectivity index (χ4v) is 3.34. The zero-order chi connectivity index (χ0) is 16.1. The van der Waals surface area contributed by atoms with Gasteiger partial charge in [0.15, 0.2) is 0 Å². The third-order valence-electron chi connectivity index (χ3n) is 3.05. The van der Waals surface area contributed by atoms with E-state index in [0.717, 1.165) is 12.1 Å². The molecular formula is C10H8ClF3N2O4S. The number of benzene rings is 1. The zero-order valence-electron chi connectivity index (χ0n) is 10.1. The van der Waals surface area contributed by atoms with E-state index in [2.05, 4.69) is 0 Å². The summed E-state index contributed by atoms with van der Waals surface area (Å²) in [5.41, 5.74) is -3.18. The van der Waals surface area contributed by atoms with Gasteiger partial charge in [0, 0.05) is 6.07 Å². The number of nitrogens with one attached hydrogen (secondary N) is 1. The maximum atomic E-state index is 12.8. The molecule has 0 spiro atoms. The van der Waals surface area contributed by atoms with Crippen molar-refractivity contribution in [3.05, 3.63) is 33.3 Å². The molecule has 6 nitrogen and oxygen atoms in total. The molecule has 1 fully saturated rings. The molecule has 0 unspecified atom stereocenters. The van der Waals surface area contributed by atoms with E-state index in [1.807, 2.05) is 0 Å². The van der Waals surface area contributed by atoms with Gasteiger partial charge in [0.2, 0.25) is 10.0 Å². The fourth-order valence-electron chi connectivity index (χ4n) is 1.68. The van der Waals surface area contributed by atoms with Crippen molar-refractivity contribution in [2.75, 3.05) is 0 Å². The van der Waals surface area contributed by atoms with Gasteiger partial charge >= 0.3 is 6.18 Å². The number of halogens is 4. The first-order chi connectivity index (χ1) is 9.48. The lowest BCUT2D eigenvalue weighted by Gasteiger charge is -2.20. The van der Waals surface area contributed by atoms with Gasteiger partial charge in [0.05, 0.1) is 9.82 Å². The molecule has 1 aromatic carbocycles. The first-order valence-electron chi connectivity index (χ1n) is 5.53. The van der Waals surface area contributed by atoms with E-state index < -0.39 is 37.2 Å². The van der Waals surface area contributed by atoms with Crippen LogP contribution >= 0.6 is 11.6 Å². The highest BCUT2D eigenvalue weighted by molar-refractivity contribution is 7.89. The van der Waals surface area contributed by atoms with Crippen LogP contribution in [0.15, 0.2) is 23.1 Å². The van der Waals surface area contributed by atoms with Crippen LogP contribution in [-0.2, 0) is 10.0 Å². The quantitative estimate of drug-likeness (QED) is 0.671. The Labute approximate surface area is 122 Å². The van der Waals surface area contributed by atoms with Gasteiger partial charge in [0.25, 0.3) is 5.69 Å². The Morgan fingerprint density at radius 2 is 1.90 bits per heavy atom. The van der Waals surface area contributed by atoms with Crippen LogP contribution in [0.3, 0.4) is 0 Å². The fraction of sp³-hybridized carbons (Fsp3) is 0.400. The van der Waals surface area contributed by atoms with Gasteiger partial charge < -0.3 is 0 Å². The zero-order valence-corrected chi connectivity index (χ0v) is 11.7. The molecule has 21 heavy (non-hydrogen) atoms. The number of nitro benzene ring substituents is 1. The first-order valence-corrected chi connectivity index (χ1v) is 7.39. The van der Waals surface area contributed by atoms with Crippen molar-refractivity contribution in [2.45, 2.75) is 29.5 Å². The van der Waals surface area contributed by atoms with Crippen molar-refractivity contribution in [1.29, 1.82) is 0 Å². The standard InChI is InChI=1S/C10H8ClF3N2O4S/c11-7-2-1-6(5-8(7)16(17)18)21(19,20)15-9(3-4-9)10(12,13)14/h1-2,5,15H,3-4H2. The van der Waals surface area contributed by atoms with Crippen LogP contribution in [0, 0.1) is 10.1 Å². The van der Waals surface area contributed by atoms with Crippen LogP contribution in [0.4, 0.5) is 18.9 Å². The Balaban J connectivity index is 2.38. The van der Waals surface area contributed by atoms with Gasteiger partial charge in [-0.25, -0.2) is 8.42 Å². The Kier molecular flexibility index (Phi) is 3.67. The molecule has 0 radical (unpaired) electrons. The molecule has 1 saturated carbocycles. The normalized spacial score (nSPS) is 17.5. The van der Waals surface area contributed by atoms with Crippen LogP contribution in [0.2, 0.25) is 5.02 Å². The van der Waals surface area contributed by atoms with Crippen LogP contribution in [0.25, 0.3) is 0 Å². The first kappa shape index (κ1) is 16.0. The average molecular weight is 345 g/mol. The van der Waals surface area contributed by atoms with Gasteiger partial charge in [-0.05, 0) is 25.0 Å². The molecule has 0 atom stereocenters. The second-order valence-electron chi connectivity index (χ2n) is 4.56. The number of hydrogen-bond acceptors (Lipinski definition) is 4. The van der Waals surface area contributed by atoms with Crippen LogP contribution in [-0.4, -0.2) is 25.1 Å². The third kappa shape index (κ3) is 2.97. The van der Waals surface area contributed by atoms with Crippen LogP contribution < -0.4 is 4.72 Å². The topological polar surface area (TPSA) is 89.3 Å². The third-order valence-corrected chi connectivity index (χ3v) is 4.90. The molecule has 1 aliphatic rings. The lowest BCUT2D eigenvalue weighted by molar-refractivity contribution is -0.384. The van der Waals surface area contributed by atoms with E-state index >= 15 is 0 Å². The minimum absolute atomic E-state index is 0.309. The molecule has 1 aromatic rings. The largest absolute Gasteiger partial charge is 0.407 e. The number of nitrogens with zero attached hydrogens (tertiary/aromatic N) is 1. The summed E-state index contributed by atoms with van der Waals surface area (Å²) in [5.74, 6) is 0. The molecule has 0 saturated heterocycles. The van der Waals surface area contributed by atoms with Crippen molar-refractivity contribution in [3.63, 3.8) is 0 Å². The van der Waals surface area contributed by atoms with E-state index in [1.165, 1.54) is 0 Å². The molecule has 1 N–H and O–H groups in total. The van der Waals surface area contributed by atoms with Crippen molar-refractivity contribution < 1.29 is 26.5 Å². The summed E-state index contributed by atoms with van der Waals surface area (Å²) in [6.45, 7) is 0. The molecule has 2 rings (SSSR count). The maximum absolute atomic E-state index is 12.8. The average Bonchev–Trinajstić information content (AvgIpc) is 3.08. The monoisotopic (exact) mass is 344 g/mol. The van der Waals surface area contributed by atoms with Crippen LogP contribution in [0.5, 0.6) is 0 Å². The van der Waals surface area contributed by atoms with Gasteiger partial charge in [-0.3, -0.25) is 10.1 Å². The highest BCUT2D eigenvalue weighted by Gasteiger charge is 2.65. The second-order valence-corrected chi connectivity index (χ2v) is 6.65. The lowest BCUT2D eigenvalue weighted by Crippen LogP contribution is -2.47. The summed E-state index contributed by atoms with van der Waals surface area (Å²) in [4.78, 5) is 9.12. The molecule has 0 aromatic heterocycles. The van der Waals surface area contributed by atoms with Crippen LogP contribution in [0.1, 0.15) is 12.8 Å². The maximum Gasteiger partial charge on any atom is 0.407 e. The molecule has 116 valence electrons. The Bertz CT molecular complexity index is 701. The number of alkyl halides is 3. The minimum atomic E-state index is -4.72. The van der Waals surface area contributed by atoms with Gasteiger partial charge in [0.1, 0.15) is 10.6 Å². The summed E-state index contributed by atoms with van der Waals surface area (Å²) in [5, 5.41) is 10.4. The predicted molar refractivity (Wildman–Crippen MR) is 66.4 cm³/mol. The van der Waals surface area contributed by atoms with E-state index in [0.29, 0.717) is 6.07 Å². The lowest BCUT2D eigenvalue weighted by atomic mass is 10.3. The highest BCUT2D eigenvalue weighted by Crippen LogP contribution is 2.49. The smallest absolute Gasteiger partial charge is 0.258 e. The Hall–Kier alpha value is -1.39. The minimum Gasteiger partial charge on any atom is -0.258 e. The molecule has 0 bridgehead atoms. The van der Waals surface area contributed by atoms with E-state index in [-0.39, 0.29) is 17.9 Å². The summed E-state index contributed by atoms with van der Waals surface area (Å²) < 4.78 is 63.7. The van der Waals surface area contributed by atoms with E-state index in [1.54, 1.807) is 4.72 Å². The Morgan fingerprint density at radius 1 is 1.33 bits per heavy atom. The van der Waals surface area contributed by atoms with Crippen molar-refractivity contribution in [2.24, 2.45) is 0 Å². The second kappa shape index (κ2) is 4.82. The van der Waals surface area contributed by atoms with Gasteiger partial charge in [-0.1, -0.05) is 11.6 Å². The number of nitro groups is 1. The SMILES string of the molecule is O=[N+]([O-])c1cc(S(=O)(=O)NC2(C(F)(F)F)CC2)ccc1Cl. The highest BCUT2D eigenvalue weighted by atomic mass is 35.5. The van der Waals surface area contributed by atoms with Crippen molar-refractivity contribution in [1.82, 2.24) is 4.72 Å². The van der Waals surface area contributed by atoms with Gasteiger partial charge in [-0.2, -0.15) is 17.9 Å². The molecule has 11 heteroatoms. The summed E-state index contributed by atoms with van der Waals surface area (Å²) >= 11 is 5.52. The molecule has 0 amide bonds. The van der Waals surface area contributed by atoms with Gasteiger partial charge in [-0.15, -0.1) is 0 Å². The summed E-state index contributed by atoms with van der Waals surface area (Å²) in [7, 11) is -4.54. The number of sulfonamides is 1. The molecular weight excluding hydrogens is 337 g/mol. The Morgan fingerprint density at radius 3 is 2.33 bits per heavy atom. The summed E-state index contributed by atoms with van der Waals surface area (Å²) in [6, 6.07) is 2.47. The number of hydrogen-bond donors (Lipinski definition) is 1. The number of rotatable bonds is 4. The molecule has 0 heterocycles. The van der Waals surface area contributed by atoms with E-state index in [4.69, 9.17) is 11.6 Å².